The van der Waals surface area contributed by atoms with E-state index in [2.05, 4.69) is 10.0 Å². The van der Waals surface area contributed by atoms with Crippen LogP contribution in [0.4, 0.5) is 11.4 Å². The number of rotatable bonds is 5. The average Bonchev–Trinajstić information content (AvgIpc) is 3.21. The van der Waals surface area contributed by atoms with Crippen LogP contribution in [0.2, 0.25) is 0 Å². The second-order valence-corrected chi connectivity index (χ2v) is 8.31. The van der Waals surface area contributed by atoms with Gasteiger partial charge in [0.2, 0.25) is 10.0 Å². The van der Waals surface area contributed by atoms with Gasteiger partial charge in [0, 0.05) is 11.7 Å². The number of sulfonamides is 1. The van der Waals surface area contributed by atoms with Gasteiger partial charge in [-0.3, -0.25) is 4.72 Å². The van der Waals surface area contributed by atoms with Gasteiger partial charge in [-0.2, -0.15) is 0 Å². The van der Waals surface area contributed by atoms with Gasteiger partial charge in [0.25, 0.3) is 0 Å². The molecule has 0 aliphatic heterocycles. The Labute approximate surface area is 127 Å². The van der Waals surface area contributed by atoms with Crippen molar-refractivity contribution in [2.45, 2.75) is 44.6 Å². The first-order valence-electron chi connectivity index (χ1n) is 7.84. The van der Waals surface area contributed by atoms with Crippen LogP contribution in [0.15, 0.2) is 24.3 Å². The smallest absolute Gasteiger partial charge is 0.229 e. The van der Waals surface area contributed by atoms with Gasteiger partial charge < -0.3 is 5.32 Å². The summed E-state index contributed by atoms with van der Waals surface area (Å²) in [6.45, 7) is 0. The van der Waals surface area contributed by atoms with Crippen molar-refractivity contribution in [1.82, 2.24) is 0 Å². The van der Waals surface area contributed by atoms with Crippen molar-refractivity contribution in [1.29, 1.82) is 0 Å². The molecule has 2 saturated carbocycles. The molecule has 0 heterocycles. The molecule has 0 radical (unpaired) electrons. The van der Waals surface area contributed by atoms with Gasteiger partial charge in [0.05, 0.1) is 11.9 Å². The third kappa shape index (κ3) is 4.37. The second kappa shape index (κ2) is 5.87. The van der Waals surface area contributed by atoms with Crippen LogP contribution in [-0.2, 0) is 10.0 Å². The highest BCUT2D eigenvalue weighted by Crippen LogP contribution is 2.44. The highest BCUT2D eigenvalue weighted by Gasteiger charge is 2.34. The molecule has 21 heavy (non-hydrogen) atoms. The summed E-state index contributed by atoms with van der Waals surface area (Å²) in [5, 5.41) is 3.58. The van der Waals surface area contributed by atoms with Gasteiger partial charge in [-0.15, -0.1) is 0 Å². The zero-order chi connectivity index (χ0) is 14.9. The fourth-order valence-corrected chi connectivity index (χ4v) is 4.03. The van der Waals surface area contributed by atoms with E-state index in [4.69, 9.17) is 0 Å². The van der Waals surface area contributed by atoms with Gasteiger partial charge >= 0.3 is 0 Å². The van der Waals surface area contributed by atoms with E-state index in [1.165, 1.54) is 44.8 Å². The molecule has 2 fully saturated rings. The summed E-state index contributed by atoms with van der Waals surface area (Å²) >= 11 is 0. The Balaban J connectivity index is 1.62. The molecular weight excluding hydrogens is 284 g/mol. The lowest BCUT2D eigenvalue weighted by molar-refractivity contribution is 0.303. The van der Waals surface area contributed by atoms with Gasteiger partial charge in [0.15, 0.2) is 0 Å². The number of benzene rings is 1. The quantitative estimate of drug-likeness (QED) is 0.876. The Morgan fingerprint density at radius 1 is 1.05 bits per heavy atom. The number of hydrogen-bond donors (Lipinski definition) is 2. The van der Waals surface area contributed by atoms with Crippen LogP contribution in [0.3, 0.4) is 0 Å². The van der Waals surface area contributed by atoms with Crippen LogP contribution in [0, 0.1) is 11.8 Å². The monoisotopic (exact) mass is 308 g/mol. The summed E-state index contributed by atoms with van der Waals surface area (Å²) in [5.74, 6) is 1.88. The fraction of sp³-hybridized carbons (Fsp3) is 0.625. The van der Waals surface area contributed by atoms with Crippen molar-refractivity contribution in [3.63, 3.8) is 0 Å². The van der Waals surface area contributed by atoms with Crippen LogP contribution in [-0.4, -0.2) is 20.7 Å². The van der Waals surface area contributed by atoms with Crippen LogP contribution in [0.5, 0.6) is 0 Å². The molecule has 0 bridgehead atoms. The normalized spacial score (nSPS) is 26.3. The lowest BCUT2D eigenvalue weighted by Crippen LogP contribution is -2.28. The lowest BCUT2D eigenvalue weighted by atomic mass is 9.82. The van der Waals surface area contributed by atoms with E-state index in [9.17, 15) is 8.42 Å². The molecule has 3 rings (SSSR count). The van der Waals surface area contributed by atoms with Crippen molar-refractivity contribution in [2.75, 3.05) is 16.3 Å². The maximum Gasteiger partial charge on any atom is 0.229 e. The Bertz CT molecular complexity index is 596. The molecule has 5 heteroatoms. The predicted molar refractivity (Wildman–Crippen MR) is 87.0 cm³/mol. The first-order valence-corrected chi connectivity index (χ1v) is 9.73. The molecule has 1 aromatic rings. The molecule has 0 spiro atoms. The molecular formula is C16H24N2O2S. The first-order chi connectivity index (χ1) is 9.99. The minimum Gasteiger partial charge on any atom is -0.382 e. The molecule has 2 N–H and O–H groups in total. The molecule has 0 amide bonds. The molecule has 1 aromatic carbocycles. The SMILES string of the molecule is CS(=O)(=O)Nc1cccc(NC2CCCC(C3CC3)C2)c1. The number of nitrogens with one attached hydrogen (secondary N) is 2. The third-order valence-corrected chi connectivity index (χ3v) is 5.15. The summed E-state index contributed by atoms with van der Waals surface area (Å²) in [6.07, 6.45) is 9.19. The molecule has 0 saturated heterocycles. The maximum atomic E-state index is 11.3. The minimum atomic E-state index is -3.22. The zero-order valence-corrected chi connectivity index (χ0v) is 13.3. The summed E-state index contributed by atoms with van der Waals surface area (Å²) in [6, 6.07) is 8.07. The summed E-state index contributed by atoms with van der Waals surface area (Å²) < 4.78 is 25.1. The van der Waals surface area contributed by atoms with E-state index in [1.807, 2.05) is 18.2 Å². The number of hydrogen-bond acceptors (Lipinski definition) is 3. The Kier molecular flexibility index (Phi) is 4.11. The van der Waals surface area contributed by atoms with Crippen molar-refractivity contribution >= 4 is 21.4 Å². The molecule has 116 valence electrons. The molecule has 2 unspecified atom stereocenters. The van der Waals surface area contributed by atoms with Crippen LogP contribution in [0.1, 0.15) is 38.5 Å². The standard InChI is InChI=1S/C16H24N2O2S/c1-21(19,20)18-16-7-3-6-15(11-16)17-14-5-2-4-13(10-14)12-8-9-12/h3,6-7,11-14,17-18H,2,4-5,8-10H2,1H3. The van der Waals surface area contributed by atoms with E-state index in [0.29, 0.717) is 11.7 Å². The third-order valence-electron chi connectivity index (χ3n) is 4.54. The topological polar surface area (TPSA) is 58.2 Å². The molecule has 0 aromatic heterocycles. The van der Waals surface area contributed by atoms with E-state index in [0.717, 1.165) is 17.5 Å². The maximum absolute atomic E-state index is 11.3. The highest BCUT2D eigenvalue weighted by molar-refractivity contribution is 7.92. The van der Waals surface area contributed by atoms with Crippen molar-refractivity contribution < 1.29 is 8.42 Å². The predicted octanol–water partition coefficient (Wildman–Crippen LogP) is 3.44. The van der Waals surface area contributed by atoms with Crippen LogP contribution >= 0.6 is 0 Å². The Morgan fingerprint density at radius 2 is 1.81 bits per heavy atom. The summed E-state index contributed by atoms with van der Waals surface area (Å²) in [7, 11) is -3.22. The summed E-state index contributed by atoms with van der Waals surface area (Å²) in [4.78, 5) is 0. The lowest BCUT2D eigenvalue weighted by Gasteiger charge is -2.30. The molecule has 4 nitrogen and oxygen atoms in total. The first kappa shape index (κ1) is 14.7. The second-order valence-electron chi connectivity index (χ2n) is 6.56. The van der Waals surface area contributed by atoms with Gasteiger partial charge in [-0.1, -0.05) is 18.9 Å². The zero-order valence-electron chi connectivity index (χ0n) is 12.5. The summed E-state index contributed by atoms with van der Waals surface area (Å²) in [5.41, 5.74) is 1.63. The van der Waals surface area contributed by atoms with E-state index < -0.39 is 10.0 Å². The van der Waals surface area contributed by atoms with E-state index >= 15 is 0 Å². The Morgan fingerprint density at radius 3 is 2.52 bits per heavy atom. The van der Waals surface area contributed by atoms with Crippen LogP contribution in [0.25, 0.3) is 0 Å². The van der Waals surface area contributed by atoms with E-state index in [1.54, 1.807) is 6.07 Å². The minimum absolute atomic E-state index is 0.526. The van der Waals surface area contributed by atoms with Gasteiger partial charge in [0.1, 0.15) is 0 Å². The average molecular weight is 308 g/mol. The number of anilines is 2. The van der Waals surface area contributed by atoms with E-state index in [-0.39, 0.29) is 0 Å². The van der Waals surface area contributed by atoms with Crippen molar-refractivity contribution in [3.05, 3.63) is 24.3 Å². The highest BCUT2D eigenvalue weighted by atomic mass is 32.2. The van der Waals surface area contributed by atoms with Gasteiger partial charge in [-0.05, 0) is 55.7 Å². The molecule has 2 atom stereocenters. The Hall–Kier alpha value is -1.23. The molecule has 2 aliphatic rings. The molecule has 2 aliphatic carbocycles. The fourth-order valence-electron chi connectivity index (χ4n) is 3.48. The van der Waals surface area contributed by atoms with Gasteiger partial charge in [-0.25, -0.2) is 8.42 Å². The van der Waals surface area contributed by atoms with Crippen molar-refractivity contribution in [2.24, 2.45) is 11.8 Å². The van der Waals surface area contributed by atoms with Crippen LogP contribution < -0.4 is 10.0 Å². The largest absolute Gasteiger partial charge is 0.382 e. The van der Waals surface area contributed by atoms with Crippen molar-refractivity contribution in [3.8, 4) is 0 Å².